The highest BCUT2D eigenvalue weighted by Gasteiger charge is 2.33. The third kappa shape index (κ3) is 6.95. The molecule has 1 unspecified atom stereocenters. The van der Waals surface area contributed by atoms with E-state index in [0.29, 0.717) is 29.5 Å². The lowest BCUT2D eigenvalue weighted by Gasteiger charge is -2.35. The summed E-state index contributed by atoms with van der Waals surface area (Å²) >= 11 is 0.987. The van der Waals surface area contributed by atoms with E-state index in [-0.39, 0.29) is 6.54 Å². The molecular weight excluding hydrogens is 375 g/mol. The molecule has 1 atom stereocenters. The summed E-state index contributed by atoms with van der Waals surface area (Å²) < 4.78 is 38.0. The lowest BCUT2D eigenvalue weighted by molar-refractivity contribution is -0.140. The summed E-state index contributed by atoms with van der Waals surface area (Å²) in [6.07, 6.45) is 1.99. The van der Waals surface area contributed by atoms with E-state index in [2.05, 4.69) is 39.6 Å². The number of rotatable bonds is 7. The van der Waals surface area contributed by atoms with Crippen LogP contribution >= 0.6 is 11.3 Å². The SMILES string of the molecule is CCNC(=NCc1nc(C(F)(F)F)cs1)NCC(C1CCCCC1)N(C)C. The maximum absolute atomic E-state index is 12.7. The van der Waals surface area contributed by atoms with Crippen LogP contribution in [0.4, 0.5) is 13.2 Å². The molecule has 5 nitrogen and oxygen atoms in total. The molecule has 0 aromatic carbocycles. The molecule has 1 heterocycles. The Morgan fingerprint density at radius 1 is 1.30 bits per heavy atom. The number of hydrogen-bond acceptors (Lipinski definition) is 4. The Kier molecular flexibility index (Phi) is 8.34. The molecule has 27 heavy (non-hydrogen) atoms. The van der Waals surface area contributed by atoms with E-state index < -0.39 is 11.9 Å². The number of aromatic nitrogens is 1. The van der Waals surface area contributed by atoms with Gasteiger partial charge in [-0.25, -0.2) is 9.98 Å². The van der Waals surface area contributed by atoms with Crippen molar-refractivity contribution < 1.29 is 13.2 Å². The molecule has 1 aliphatic carbocycles. The van der Waals surface area contributed by atoms with Gasteiger partial charge in [-0.2, -0.15) is 13.2 Å². The zero-order valence-corrected chi connectivity index (χ0v) is 17.1. The molecule has 0 bridgehead atoms. The van der Waals surface area contributed by atoms with E-state index in [1.54, 1.807) is 0 Å². The van der Waals surface area contributed by atoms with Crippen LogP contribution in [0.5, 0.6) is 0 Å². The van der Waals surface area contributed by atoms with Crippen LogP contribution in [0.1, 0.15) is 49.7 Å². The number of likely N-dealkylation sites (N-methyl/N-ethyl adjacent to an activating group) is 1. The molecule has 0 radical (unpaired) electrons. The number of aliphatic imine (C=N–C) groups is 1. The first-order chi connectivity index (χ1) is 12.8. The predicted octanol–water partition coefficient (Wildman–Crippen LogP) is 3.73. The lowest BCUT2D eigenvalue weighted by Crippen LogP contribution is -2.48. The first kappa shape index (κ1) is 21.9. The van der Waals surface area contributed by atoms with E-state index in [1.165, 1.54) is 32.1 Å². The summed E-state index contributed by atoms with van der Waals surface area (Å²) in [6, 6.07) is 0.408. The van der Waals surface area contributed by atoms with Gasteiger partial charge >= 0.3 is 6.18 Å². The first-order valence-electron chi connectivity index (χ1n) is 9.51. The maximum atomic E-state index is 12.7. The average molecular weight is 406 g/mol. The highest BCUT2D eigenvalue weighted by atomic mass is 32.1. The molecule has 0 spiro atoms. The molecule has 154 valence electrons. The number of nitrogens with one attached hydrogen (secondary N) is 2. The van der Waals surface area contributed by atoms with E-state index in [1.807, 2.05) is 6.92 Å². The third-order valence-corrected chi connectivity index (χ3v) is 5.73. The van der Waals surface area contributed by atoms with Gasteiger partial charge in [-0.1, -0.05) is 19.3 Å². The van der Waals surface area contributed by atoms with Crippen molar-refractivity contribution in [1.82, 2.24) is 20.5 Å². The summed E-state index contributed by atoms with van der Waals surface area (Å²) in [4.78, 5) is 10.3. The van der Waals surface area contributed by atoms with Gasteiger partial charge in [0.2, 0.25) is 0 Å². The van der Waals surface area contributed by atoms with Gasteiger partial charge in [0.25, 0.3) is 0 Å². The van der Waals surface area contributed by atoms with E-state index in [0.717, 1.165) is 23.3 Å². The van der Waals surface area contributed by atoms with Gasteiger partial charge in [0.15, 0.2) is 11.7 Å². The zero-order chi connectivity index (χ0) is 19.9. The van der Waals surface area contributed by atoms with Crippen LogP contribution < -0.4 is 10.6 Å². The fourth-order valence-electron chi connectivity index (χ4n) is 3.49. The van der Waals surface area contributed by atoms with Crippen LogP contribution in [0.3, 0.4) is 0 Å². The summed E-state index contributed by atoms with van der Waals surface area (Å²) in [5.74, 6) is 1.28. The van der Waals surface area contributed by atoms with Crippen molar-refractivity contribution in [2.24, 2.45) is 10.9 Å². The lowest BCUT2D eigenvalue weighted by atomic mass is 9.83. The second kappa shape index (κ2) is 10.3. The Bertz CT molecular complexity index is 594. The molecule has 1 fully saturated rings. The van der Waals surface area contributed by atoms with Crippen molar-refractivity contribution in [3.8, 4) is 0 Å². The topological polar surface area (TPSA) is 52.6 Å². The van der Waals surface area contributed by atoms with Gasteiger partial charge in [0.05, 0.1) is 6.54 Å². The number of hydrogen-bond donors (Lipinski definition) is 2. The molecule has 0 amide bonds. The molecule has 1 aromatic rings. The van der Waals surface area contributed by atoms with Gasteiger partial charge < -0.3 is 15.5 Å². The Hall–Kier alpha value is -1.35. The Morgan fingerprint density at radius 3 is 2.56 bits per heavy atom. The zero-order valence-electron chi connectivity index (χ0n) is 16.3. The van der Waals surface area contributed by atoms with Crippen LogP contribution in [0, 0.1) is 5.92 Å². The molecule has 0 saturated heterocycles. The Morgan fingerprint density at radius 2 is 2.00 bits per heavy atom. The minimum Gasteiger partial charge on any atom is -0.357 e. The largest absolute Gasteiger partial charge is 0.434 e. The van der Waals surface area contributed by atoms with Crippen LogP contribution in [0.15, 0.2) is 10.4 Å². The molecule has 1 aliphatic rings. The smallest absolute Gasteiger partial charge is 0.357 e. The standard InChI is InChI=1S/C18H30F3N5S/c1-4-22-17(24-11-16-25-15(12-27-16)18(19,20)21)23-10-14(26(2)3)13-8-6-5-7-9-13/h12-14H,4-11H2,1-3H3,(H2,22,23,24). The summed E-state index contributed by atoms with van der Waals surface area (Å²) in [5, 5.41) is 7.92. The summed E-state index contributed by atoms with van der Waals surface area (Å²) in [5.41, 5.74) is -0.847. The van der Waals surface area contributed by atoms with Gasteiger partial charge in [0.1, 0.15) is 5.01 Å². The second-order valence-corrected chi connectivity index (χ2v) is 8.07. The fourth-order valence-corrected chi connectivity index (χ4v) is 4.22. The maximum Gasteiger partial charge on any atom is 0.434 e. The number of thiazole rings is 1. The van der Waals surface area contributed by atoms with Crippen molar-refractivity contribution in [3.63, 3.8) is 0 Å². The van der Waals surface area contributed by atoms with Crippen molar-refractivity contribution in [1.29, 1.82) is 0 Å². The average Bonchev–Trinajstić information content (AvgIpc) is 3.10. The molecule has 1 aromatic heterocycles. The first-order valence-corrected chi connectivity index (χ1v) is 10.4. The summed E-state index contributed by atoms with van der Waals surface area (Å²) in [7, 11) is 4.19. The number of nitrogens with zero attached hydrogens (tertiary/aromatic N) is 3. The monoisotopic (exact) mass is 405 g/mol. The Balaban J connectivity index is 1.96. The highest BCUT2D eigenvalue weighted by Crippen LogP contribution is 2.30. The van der Waals surface area contributed by atoms with Gasteiger partial charge in [-0.3, -0.25) is 0 Å². The molecule has 0 aliphatic heterocycles. The normalized spacial score (nSPS) is 18.0. The van der Waals surface area contributed by atoms with Crippen molar-refractivity contribution in [2.75, 3.05) is 27.2 Å². The Labute approximate surface area is 163 Å². The third-order valence-electron chi connectivity index (χ3n) is 4.89. The molecular formula is C18H30F3N5S. The second-order valence-electron chi connectivity index (χ2n) is 7.13. The van der Waals surface area contributed by atoms with Crippen molar-refractivity contribution in [2.45, 2.75) is 57.8 Å². The number of alkyl halides is 3. The van der Waals surface area contributed by atoms with Crippen molar-refractivity contribution in [3.05, 3.63) is 16.1 Å². The molecule has 9 heteroatoms. The van der Waals surface area contributed by atoms with E-state index >= 15 is 0 Å². The molecule has 2 N–H and O–H groups in total. The van der Waals surface area contributed by atoms with Gasteiger partial charge in [-0.05, 0) is 39.8 Å². The quantitative estimate of drug-likeness (QED) is 0.536. The fraction of sp³-hybridized carbons (Fsp3) is 0.778. The summed E-state index contributed by atoms with van der Waals surface area (Å²) in [6.45, 7) is 3.54. The van der Waals surface area contributed by atoms with E-state index in [9.17, 15) is 13.2 Å². The van der Waals surface area contributed by atoms with Crippen LogP contribution in [0.25, 0.3) is 0 Å². The minimum atomic E-state index is -4.40. The van der Waals surface area contributed by atoms with Gasteiger partial charge in [-0.15, -0.1) is 11.3 Å². The minimum absolute atomic E-state index is 0.131. The predicted molar refractivity (Wildman–Crippen MR) is 104 cm³/mol. The molecule has 1 saturated carbocycles. The van der Waals surface area contributed by atoms with Crippen molar-refractivity contribution >= 4 is 17.3 Å². The molecule has 2 rings (SSSR count). The number of halogens is 3. The van der Waals surface area contributed by atoms with E-state index in [4.69, 9.17) is 0 Å². The highest BCUT2D eigenvalue weighted by molar-refractivity contribution is 7.09. The van der Waals surface area contributed by atoms with Crippen LogP contribution in [-0.2, 0) is 12.7 Å². The number of guanidine groups is 1. The van der Waals surface area contributed by atoms with Gasteiger partial charge in [0, 0.05) is 24.5 Å². The van der Waals surface area contributed by atoms with Crippen LogP contribution in [0.2, 0.25) is 0 Å². The van der Waals surface area contributed by atoms with Crippen LogP contribution in [-0.4, -0.2) is 49.1 Å².